The summed E-state index contributed by atoms with van der Waals surface area (Å²) < 4.78 is 115. The summed E-state index contributed by atoms with van der Waals surface area (Å²) in [5.41, 5.74) is 0.0700. The summed E-state index contributed by atoms with van der Waals surface area (Å²) in [6, 6.07) is 6.48. The lowest BCUT2D eigenvalue weighted by molar-refractivity contribution is -0.122. The number of nitrogens with zero attached hydrogens (tertiary/aromatic N) is 5. The lowest BCUT2D eigenvalue weighted by Crippen LogP contribution is -2.35. The Kier molecular flexibility index (Phi) is 9.81. The summed E-state index contributed by atoms with van der Waals surface area (Å²) >= 11 is 8.59. The monoisotopic (exact) mass is 865 g/mol. The zero-order chi connectivity index (χ0) is 37.2. The normalized spacial score (nSPS) is 14.7. The second kappa shape index (κ2) is 13.6. The van der Waals surface area contributed by atoms with Gasteiger partial charge in [-0.3, -0.25) is 23.9 Å². The van der Waals surface area contributed by atoms with Crippen molar-refractivity contribution in [2.75, 3.05) is 11.0 Å². The molecule has 1 aliphatic rings. The van der Waals surface area contributed by atoms with Crippen molar-refractivity contribution >= 4 is 66.8 Å². The smallest absolute Gasteiger partial charge is 0.290 e. The highest BCUT2D eigenvalue weighted by Crippen LogP contribution is 2.45. The van der Waals surface area contributed by atoms with Gasteiger partial charge in [0.05, 0.1) is 39.6 Å². The molecule has 10 nitrogen and oxygen atoms in total. The van der Waals surface area contributed by atoms with Gasteiger partial charge in [0.15, 0.2) is 5.82 Å². The predicted octanol–water partition coefficient (Wildman–Crippen LogP) is 7.12. The number of aromatic nitrogens is 5. The first-order valence-corrected chi connectivity index (χ1v) is 18.5. The number of benzene rings is 2. The van der Waals surface area contributed by atoms with Gasteiger partial charge in [0, 0.05) is 39.8 Å². The van der Waals surface area contributed by atoms with Gasteiger partial charge in [0.1, 0.15) is 29.6 Å². The van der Waals surface area contributed by atoms with E-state index in [1.165, 1.54) is 10.7 Å². The fourth-order valence-electron chi connectivity index (χ4n) is 6.34. The number of carbonyl (C=O) groups is 1. The predicted molar refractivity (Wildman–Crippen MR) is 185 cm³/mol. The van der Waals surface area contributed by atoms with Gasteiger partial charge in [0.25, 0.3) is 12.3 Å². The second-order valence-electron chi connectivity index (χ2n) is 12.1. The highest BCUT2D eigenvalue weighted by molar-refractivity contribution is 14.1. The van der Waals surface area contributed by atoms with Crippen LogP contribution in [0.25, 0.3) is 22.0 Å². The summed E-state index contributed by atoms with van der Waals surface area (Å²) in [6.07, 6.45) is -3.50. The molecule has 0 saturated heterocycles. The summed E-state index contributed by atoms with van der Waals surface area (Å²) in [4.78, 5) is 18.4. The summed E-state index contributed by atoms with van der Waals surface area (Å²) in [7, 11) is -2.22. The number of alkyl halides is 4. The molecule has 5 aromatic rings. The van der Waals surface area contributed by atoms with E-state index in [4.69, 9.17) is 16.6 Å². The Hall–Kier alpha value is -3.91. The van der Waals surface area contributed by atoms with E-state index in [9.17, 15) is 39.6 Å². The number of hydrogen-bond acceptors (Lipinski definition) is 6. The molecule has 0 aliphatic heterocycles. The molecule has 0 bridgehead atoms. The number of rotatable bonds is 10. The van der Waals surface area contributed by atoms with Crippen molar-refractivity contribution in [2.45, 2.75) is 51.1 Å². The molecule has 19 heteroatoms. The molecule has 0 unspecified atom stereocenters. The SMILES string of the molecule is Cc1nc([C@H](Cc2cc(F)cc(F)c2)NC(=O)Cn2nc(C(F)F)c3c2C(F)(F)CC3)c(-c2ccc(Cl)c3c(NS(C)(=O)=O)nn(C)c23)cc1I. The Balaban J connectivity index is 1.49. The van der Waals surface area contributed by atoms with Crippen LogP contribution in [0.1, 0.15) is 52.8 Å². The number of anilines is 1. The average Bonchev–Trinajstić information content (AvgIpc) is 3.64. The van der Waals surface area contributed by atoms with Crippen LogP contribution >= 0.6 is 34.2 Å². The summed E-state index contributed by atoms with van der Waals surface area (Å²) in [5, 5.41) is 11.1. The zero-order valence-electron chi connectivity index (χ0n) is 26.8. The van der Waals surface area contributed by atoms with E-state index in [0.29, 0.717) is 36.7 Å². The van der Waals surface area contributed by atoms with E-state index in [1.54, 1.807) is 26.1 Å². The van der Waals surface area contributed by atoms with Gasteiger partial charge < -0.3 is 5.32 Å². The Labute approximate surface area is 305 Å². The molecule has 2 N–H and O–H groups in total. The van der Waals surface area contributed by atoms with Gasteiger partial charge in [-0.25, -0.2) is 26.0 Å². The summed E-state index contributed by atoms with van der Waals surface area (Å²) in [5.74, 6) is -6.25. The molecule has 2 aromatic carbocycles. The molecule has 3 heterocycles. The number of aryl methyl sites for hydroxylation is 2. The van der Waals surface area contributed by atoms with Crippen molar-refractivity contribution in [3.63, 3.8) is 0 Å². The van der Waals surface area contributed by atoms with Crippen molar-refractivity contribution in [2.24, 2.45) is 7.05 Å². The van der Waals surface area contributed by atoms with Crippen molar-refractivity contribution < 1.29 is 39.6 Å². The molecule has 1 amide bonds. The lowest BCUT2D eigenvalue weighted by Gasteiger charge is -2.23. The number of carbonyl (C=O) groups excluding carboxylic acids is 1. The number of halogens is 8. The first-order valence-electron chi connectivity index (χ1n) is 15.1. The van der Waals surface area contributed by atoms with Gasteiger partial charge >= 0.3 is 0 Å². The fourth-order valence-corrected chi connectivity index (χ4v) is 7.51. The third kappa shape index (κ3) is 7.39. The molecular weight excluding hydrogens is 839 g/mol. The minimum absolute atomic E-state index is 0.0509. The van der Waals surface area contributed by atoms with Crippen LogP contribution in [0.2, 0.25) is 5.02 Å². The minimum Gasteiger partial charge on any atom is -0.346 e. The van der Waals surface area contributed by atoms with Crippen LogP contribution in [0, 0.1) is 22.1 Å². The van der Waals surface area contributed by atoms with Crippen LogP contribution in [0.3, 0.4) is 0 Å². The lowest BCUT2D eigenvalue weighted by atomic mass is 9.93. The Morgan fingerprint density at radius 2 is 1.76 bits per heavy atom. The number of nitrogens with one attached hydrogen (secondary N) is 2. The van der Waals surface area contributed by atoms with Crippen molar-refractivity contribution in [1.29, 1.82) is 0 Å². The molecular formula is C32H27ClF6IN7O3S. The maximum absolute atomic E-state index is 14.8. The van der Waals surface area contributed by atoms with Gasteiger partial charge in [-0.2, -0.15) is 19.0 Å². The zero-order valence-corrected chi connectivity index (χ0v) is 30.6. The second-order valence-corrected chi connectivity index (χ2v) is 15.4. The molecule has 51 heavy (non-hydrogen) atoms. The standard InChI is InChI=1S/C32H27ClF6IN7O3S/c1-14-22(40)12-20(18-4-5-21(33)25-28(18)46(2)44-31(25)45-51(3,49)50)26(41-14)23(10-15-8-16(34)11-17(35)9-15)42-24(48)13-47-29-19(6-7-32(29,38)39)27(43-47)30(36)37/h4-5,8-9,11-12,23,30H,6-7,10,13H2,1-3H3,(H,42,48)(H,44,45)/t23-/m0/s1. The topological polar surface area (TPSA) is 124 Å². The summed E-state index contributed by atoms with van der Waals surface area (Å²) in [6.45, 7) is 0.817. The fraction of sp³-hybridized carbons (Fsp3) is 0.312. The molecule has 0 radical (unpaired) electrons. The van der Waals surface area contributed by atoms with Gasteiger partial charge in [-0.15, -0.1) is 0 Å². The maximum atomic E-state index is 14.8. The maximum Gasteiger partial charge on any atom is 0.290 e. The quantitative estimate of drug-likeness (QED) is 0.114. The molecule has 270 valence electrons. The van der Waals surface area contributed by atoms with Gasteiger partial charge in [-0.05, 0) is 72.2 Å². The van der Waals surface area contributed by atoms with Crippen LogP contribution in [0.15, 0.2) is 36.4 Å². The van der Waals surface area contributed by atoms with E-state index in [1.807, 2.05) is 22.6 Å². The molecule has 3 aromatic heterocycles. The van der Waals surface area contributed by atoms with Crippen molar-refractivity contribution in [1.82, 2.24) is 29.9 Å². The molecule has 0 saturated carbocycles. The van der Waals surface area contributed by atoms with Crippen LogP contribution in [-0.4, -0.2) is 45.1 Å². The number of hydrogen-bond donors (Lipinski definition) is 2. The van der Waals surface area contributed by atoms with Crippen LogP contribution in [-0.2, 0) is 47.2 Å². The Bertz CT molecular complexity index is 2310. The largest absolute Gasteiger partial charge is 0.346 e. The highest BCUT2D eigenvalue weighted by atomic mass is 127. The van der Waals surface area contributed by atoms with Crippen molar-refractivity contribution in [3.05, 3.63) is 90.5 Å². The first kappa shape index (κ1) is 36.9. The molecule has 0 spiro atoms. The van der Waals surface area contributed by atoms with Gasteiger partial charge in [-0.1, -0.05) is 17.7 Å². The first-order chi connectivity index (χ1) is 23.8. The average molecular weight is 866 g/mol. The van der Waals surface area contributed by atoms with Crippen molar-refractivity contribution in [3.8, 4) is 11.1 Å². The minimum atomic E-state index is -3.78. The molecule has 1 atom stereocenters. The van der Waals surface area contributed by atoms with Crippen LogP contribution in [0.4, 0.5) is 32.2 Å². The van der Waals surface area contributed by atoms with E-state index in [-0.39, 0.29) is 45.9 Å². The number of sulfonamides is 1. The van der Waals surface area contributed by atoms with Gasteiger partial charge in [0.2, 0.25) is 15.9 Å². The Morgan fingerprint density at radius 3 is 2.41 bits per heavy atom. The molecule has 1 aliphatic carbocycles. The van der Waals surface area contributed by atoms with E-state index in [0.717, 1.165) is 18.4 Å². The third-order valence-corrected chi connectivity index (χ3v) is 10.3. The third-order valence-electron chi connectivity index (χ3n) is 8.34. The molecule has 6 rings (SSSR count). The van der Waals surface area contributed by atoms with Crippen LogP contribution < -0.4 is 10.0 Å². The van der Waals surface area contributed by atoms with E-state index in [2.05, 4.69) is 20.2 Å². The Morgan fingerprint density at radius 1 is 1.08 bits per heavy atom. The molecule has 0 fully saturated rings. The van der Waals surface area contributed by atoms with Crippen LogP contribution in [0.5, 0.6) is 0 Å². The number of amides is 1. The highest BCUT2D eigenvalue weighted by Gasteiger charge is 2.46. The number of pyridine rings is 1. The van der Waals surface area contributed by atoms with E-state index >= 15 is 0 Å². The van der Waals surface area contributed by atoms with E-state index < -0.39 is 70.3 Å². The number of fused-ring (bicyclic) bond motifs is 2.